The Labute approximate surface area is 177 Å². The molecule has 2 aliphatic heterocycles. The lowest BCUT2D eigenvalue weighted by Crippen LogP contribution is -2.53. The first-order valence-electron chi connectivity index (χ1n) is 11.4. The average Bonchev–Trinajstić information content (AvgIpc) is 3.21. The van der Waals surface area contributed by atoms with Gasteiger partial charge in [-0.05, 0) is 38.4 Å². The Morgan fingerprint density at radius 1 is 1.10 bits per heavy atom. The van der Waals surface area contributed by atoms with E-state index in [1.54, 1.807) is 0 Å². The lowest BCUT2D eigenvalue weighted by molar-refractivity contribution is 0.107. The molecule has 162 valence electrons. The largest absolute Gasteiger partial charge is 0.355 e. The molecule has 3 rings (SSSR count). The third-order valence-electron chi connectivity index (χ3n) is 6.50. The Bertz CT molecular complexity index is 611. The van der Waals surface area contributed by atoms with Crippen LogP contribution in [0.2, 0.25) is 0 Å². The predicted octanol–water partition coefficient (Wildman–Crippen LogP) is 1.84. The Hall–Kier alpha value is -1.63. The molecular weight excluding hydrogens is 360 g/mol. The van der Waals surface area contributed by atoms with Crippen LogP contribution in [0.15, 0.2) is 35.3 Å². The number of hydrogen-bond donors (Lipinski definition) is 2. The van der Waals surface area contributed by atoms with Crippen LogP contribution in [0.1, 0.15) is 32.3 Å². The zero-order chi connectivity index (χ0) is 20.5. The fraction of sp³-hybridized carbons (Fsp3) is 0.696. The van der Waals surface area contributed by atoms with E-state index >= 15 is 0 Å². The minimum Gasteiger partial charge on any atom is -0.355 e. The zero-order valence-electron chi connectivity index (χ0n) is 18.6. The zero-order valence-corrected chi connectivity index (χ0v) is 18.6. The summed E-state index contributed by atoms with van der Waals surface area (Å²) in [5.74, 6) is 0.926. The molecule has 2 N–H and O–H groups in total. The highest BCUT2D eigenvalue weighted by Gasteiger charge is 2.25. The van der Waals surface area contributed by atoms with E-state index in [2.05, 4.69) is 74.5 Å². The molecule has 2 fully saturated rings. The van der Waals surface area contributed by atoms with Gasteiger partial charge in [0.2, 0.25) is 0 Å². The minimum absolute atomic E-state index is 0.522. The van der Waals surface area contributed by atoms with Crippen LogP contribution in [0.4, 0.5) is 0 Å². The van der Waals surface area contributed by atoms with Gasteiger partial charge in [-0.2, -0.15) is 0 Å². The number of piperazine rings is 1. The number of nitrogens with one attached hydrogen (secondary N) is 2. The van der Waals surface area contributed by atoms with Crippen molar-refractivity contribution in [2.45, 2.75) is 45.3 Å². The Morgan fingerprint density at radius 3 is 2.55 bits per heavy atom. The maximum Gasteiger partial charge on any atom is 0.191 e. The van der Waals surface area contributed by atoms with Crippen molar-refractivity contribution in [1.82, 2.24) is 25.3 Å². The van der Waals surface area contributed by atoms with Crippen LogP contribution in [0.5, 0.6) is 0 Å². The molecule has 0 amide bonds. The third-order valence-corrected chi connectivity index (χ3v) is 6.50. The topological polar surface area (TPSA) is 46.1 Å². The van der Waals surface area contributed by atoms with Gasteiger partial charge in [0, 0.05) is 64.9 Å². The normalized spacial score (nSPS) is 23.3. The van der Waals surface area contributed by atoms with Gasteiger partial charge in [-0.15, -0.1) is 0 Å². The SMILES string of the molecule is CCN1CCN(C(C)CNC(=NC)NCC2CCCN2Cc2ccccc2)CC1. The van der Waals surface area contributed by atoms with E-state index in [9.17, 15) is 0 Å². The first-order valence-corrected chi connectivity index (χ1v) is 11.4. The molecule has 2 saturated heterocycles. The van der Waals surface area contributed by atoms with Crippen molar-refractivity contribution in [2.75, 3.05) is 59.4 Å². The number of aliphatic imine (C=N–C) groups is 1. The van der Waals surface area contributed by atoms with Gasteiger partial charge in [0.05, 0.1) is 0 Å². The van der Waals surface area contributed by atoms with Crippen molar-refractivity contribution in [3.05, 3.63) is 35.9 Å². The quantitative estimate of drug-likeness (QED) is 0.515. The Balaban J connectivity index is 1.39. The Kier molecular flexibility index (Phi) is 8.77. The number of guanidine groups is 1. The second-order valence-corrected chi connectivity index (χ2v) is 8.41. The highest BCUT2D eigenvalue weighted by molar-refractivity contribution is 5.79. The van der Waals surface area contributed by atoms with Crippen molar-refractivity contribution in [1.29, 1.82) is 0 Å². The average molecular weight is 401 g/mol. The van der Waals surface area contributed by atoms with Crippen molar-refractivity contribution in [2.24, 2.45) is 4.99 Å². The maximum atomic E-state index is 4.45. The summed E-state index contributed by atoms with van der Waals surface area (Å²) in [5, 5.41) is 7.12. The van der Waals surface area contributed by atoms with Gasteiger partial charge in [0.15, 0.2) is 5.96 Å². The molecule has 2 heterocycles. The smallest absolute Gasteiger partial charge is 0.191 e. The number of nitrogens with zero attached hydrogens (tertiary/aromatic N) is 4. The van der Waals surface area contributed by atoms with E-state index in [4.69, 9.17) is 0 Å². The summed E-state index contributed by atoms with van der Waals surface area (Å²) in [7, 11) is 1.87. The summed E-state index contributed by atoms with van der Waals surface area (Å²) in [6, 6.07) is 11.9. The first kappa shape index (κ1) is 22.1. The van der Waals surface area contributed by atoms with Crippen molar-refractivity contribution >= 4 is 5.96 Å². The Morgan fingerprint density at radius 2 is 1.86 bits per heavy atom. The number of rotatable bonds is 8. The summed E-state index contributed by atoms with van der Waals surface area (Å²) in [4.78, 5) is 12.2. The van der Waals surface area contributed by atoms with E-state index in [-0.39, 0.29) is 0 Å². The van der Waals surface area contributed by atoms with Gasteiger partial charge in [-0.25, -0.2) is 0 Å². The number of hydrogen-bond acceptors (Lipinski definition) is 4. The van der Waals surface area contributed by atoms with Crippen LogP contribution >= 0.6 is 0 Å². The summed E-state index contributed by atoms with van der Waals surface area (Å²) >= 11 is 0. The highest BCUT2D eigenvalue weighted by atomic mass is 15.3. The molecule has 0 spiro atoms. The van der Waals surface area contributed by atoms with Crippen LogP contribution in [-0.2, 0) is 6.54 Å². The first-order chi connectivity index (χ1) is 14.2. The van der Waals surface area contributed by atoms with Crippen molar-refractivity contribution < 1.29 is 0 Å². The molecule has 0 saturated carbocycles. The second kappa shape index (κ2) is 11.5. The molecule has 0 aromatic heterocycles. The van der Waals surface area contributed by atoms with Crippen LogP contribution in [0, 0.1) is 0 Å². The van der Waals surface area contributed by atoms with Gasteiger partial charge in [0.25, 0.3) is 0 Å². The predicted molar refractivity (Wildman–Crippen MR) is 122 cm³/mol. The van der Waals surface area contributed by atoms with E-state index < -0.39 is 0 Å². The molecular formula is C23H40N6. The maximum absolute atomic E-state index is 4.45. The van der Waals surface area contributed by atoms with Gasteiger partial charge < -0.3 is 15.5 Å². The molecule has 2 aliphatic rings. The standard InChI is InChI=1S/C23H40N6/c1-4-27-13-15-28(16-14-27)20(2)17-25-23(24-3)26-18-22-11-8-12-29(22)19-21-9-6-5-7-10-21/h5-7,9-10,20,22H,4,8,11-19H2,1-3H3,(H2,24,25,26). The second-order valence-electron chi connectivity index (χ2n) is 8.41. The number of likely N-dealkylation sites (N-methyl/N-ethyl adjacent to an activating group) is 1. The lowest BCUT2D eigenvalue weighted by Gasteiger charge is -2.37. The van der Waals surface area contributed by atoms with Crippen molar-refractivity contribution in [3.63, 3.8) is 0 Å². The molecule has 29 heavy (non-hydrogen) atoms. The summed E-state index contributed by atoms with van der Waals surface area (Å²) in [6.07, 6.45) is 2.54. The molecule has 0 aliphatic carbocycles. The van der Waals surface area contributed by atoms with Crippen LogP contribution in [-0.4, -0.2) is 92.1 Å². The van der Waals surface area contributed by atoms with E-state index in [1.165, 1.54) is 57.7 Å². The minimum atomic E-state index is 0.522. The van der Waals surface area contributed by atoms with Gasteiger partial charge in [-0.1, -0.05) is 37.3 Å². The molecule has 1 aromatic carbocycles. The fourth-order valence-electron chi connectivity index (χ4n) is 4.48. The van der Waals surface area contributed by atoms with E-state index in [1.807, 2.05) is 7.05 Å². The molecule has 2 atom stereocenters. The van der Waals surface area contributed by atoms with Crippen LogP contribution < -0.4 is 10.6 Å². The van der Waals surface area contributed by atoms with Gasteiger partial charge in [0.1, 0.15) is 0 Å². The van der Waals surface area contributed by atoms with Gasteiger partial charge >= 0.3 is 0 Å². The van der Waals surface area contributed by atoms with E-state index in [0.717, 1.165) is 25.6 Å². The summed E-state index contributed by atoms with van der Waals surface area (Å²) in [6.45, 7) is 14.6. The monoisotopic (exact) mass is 400 g/mol. The van der Waals surface area contributed by atoms with Crippen LogP contribution in [0.3, 0.4) is 0 Å². The molecule has 0 radical (unpaired) electrons. The van der Waals surface area contributed by atoms with E-state index in [0.29, 0.717) is 12.1 Å². The molecule has 6 nitrogen and oxygen atoms in total. The summed E-state index contributed by atoms with van der Waals surface area (Å²) < 4.78 is 0. The molecule has 1 aromatic rings. The van der Waals surface area contributed by atoms with Crippen LogP contribution in [0.25, 0.3) is 0 Å². The van der Waals surface area contributed by atoms with Gasteiger partial charge in [-0.3, -0.25) is 14.8 Å². The summed E-state index contributed by atoms with van der Waals surface area (Å²) in [5.41, 5.74) is 1.40. The third kappa shape index (κ3) is 6.69. The molecule has 0 bridgehead atoms. The van der Waals surface area contributed by atoms with Crippen molar-refractivity contribution in [3.8, 4) is 0 Å². The molecule has 2 unspecified atom stereocenters. The lowest BCUT2D eigenvalue weighted by atomic mass is 10.2. The molecule has 6 heteroatoms. The fourth-order valence-corrected chi connectivity index (χ4v) is 4.48. The highest BCUT2D eigenvalue weighted by Crippen LogP contribution is 2.19. The number of benzene rings is 1. The number of likely N-dealkylation sites (tertiary alicyclic amines) is 1.